The Labute approximate surface area is 97.9 Å². The molecule has 2 unspecified atom stereocenters. The molecule has 1 rings (SSSR count). The lowest BCUT2D eigenvalue weighted by atomic mass is 9.90. The molecule has 1 aliphatic heterocycles. The molecule has 0 saturated carbocycles. The topological polar surface area (TPSA) is 58.4 Å². The van der Waals surface area contributed by atoms with E-state index in [4.69, 9.17) is 5.73 Å². The highest BCUT2D eigenvalue weighted by molar-refractivity contribution is 5.81. The molecule has 0 aromatic rings. The van der Waals surface area contributed by atoms with E-state index in [1.165, 1.54) is 0 Å². The van der Waals surface area contributed by atoms with Crippen LogP contribution in [-0.2, 0) is 4.79 Å². The first kappa shape index (κ1) is 13.2. The summed E-state index contributed by atoms with van der Waals surface area (Å²) in [5.74, 6) is 0.0705. The molecule has 1 fully saturated rings. The van der Waals surface area contributed by atoms with Crippen molar-refractivity contribution in [1.82, 2.24) is 10.2 Å². The summed E-state index contributed by atoms with van der Waals surface area (Å²) in [6.07, 6.45) is 2.77. The zero-order valence-corrected chi connectivity index (χ0v) is 10.3. The van der Waals surface area contributed by atoms with Crippen molar-refractivity contribution in [1.29, 1.82) is 0 Å². The molecule has 1 amide bonds. The van der Waals surface area contributed by atoms with Crippen molar-refractivity contribution in [2.75, 3.05) is 26.2 Å². The third kappa shape index (κ3) is 3.06. The fourth-order valence-electron chi connectivity index (χ4n) is 2.05. The third-order valence-corrected chi connectivity index (χ3v) is 3.43. The minimum absolute atomic E-state index is 0.0705. The van der Waals surface area contributed by atoms with Gasteiger partial charge in [-0.1, -0.05) is 13.0 Å². The zero-order valence-electron chi connectivity index (χ0n) is 10.3. The monoisotopic (exact) mass is 225 g/mol. The van der Waals surface area contributed by atoms with E-state index in [1.807, 2.05) is 6.92 Å². The highest BCUT2D eigenvalue weighted by atomic mass is 16.2. The molecular formula is C12H23N3O. The van der Waals surface area contributed by atoms with Gasteiger partial charge in [-0.25, -0.2) is 0 Å². The fourth-order valence-corrected chi connectivity index (χ4v) is 2.05. The molecule has 1 heterocycles. The van der Waals surface area contributed by atoms with Gasteiger partial charge in [-0.2, -0.15) is 0 Å². The van der Waals surface area contributed by atoms with Crippen LogP contribution in [0.4, 0.5) is 0 Å². The first-order valence-electron chi connectivity index (χ1n) is 5.85. The summed E-state index contributed by atoms with van der Waals surface area (Å²) in [6.45, 7) is 10.8. The van der Waals surface area contributed by atoms with Crippen LogP contribution < -0.4 is 11.1 Å². The first-order chi connectivity index (χ1) is 7.52. The van der Waals surface area contributed by atoms with Crippen LogP contribution in [0, 0.1) is 5.41 Å². The smallest absolute Gasteiger partial charge is 0.237 e. The number of nitrogens with zero attached hydrogens (tertiary/aromatic N) is 1. The summed E-state index contributed by atoms with van der Waals surface area (Å²) in [7, 11) is 0. The Kier molecular flexibility index (Phi) is 4.50. The highest BCUT2D eigenvalue weighted by Crippen LogP contribution is 2.29. The Morgan fingerprint density at radius 2 is 2.44 bits per heavy atom. The Morgan fingerprint density at radius 1 is 1.75 bits per heavy atom. The molecule has 0 radical (unpaired) electrons. The normalized spacial score (nSPS) is 27.7. The Balaban J connectivity index is 2.47. The van der Waals surface area contributed by atoms with Gasteiger partial charge in [0.15, 0.2) is 0 Å². The Morgan fingerprint density at radius 3 is 2.94 bits per heavy atom. The van der Waals surface area contributed by atoms with Crippen molar-refractivity contribution < 1.29 is 4.79 Å². The quantitative estimate of drug-likeness (QED) is 0.664. The molecule has 0 bridgehead atoms. The summed E-state index contributed by atoms with van der Waals surface area (Å²) in [6, 6.07) is -0.0756. The molecule has 0 aromatic carbocycles. The average molecular weight is 225 g/mol. The molecule has 0 spiro atoms. The Hall–Kier alpha value is -0.870. The van der Waals surface area contributed by atoms with Gasteiger partial charge in [-0.15, -0.1) is 6.58 Å². The SMILES string of the molecule is C=CCNC(=O)C(C)N1CCC(C)(CN)C1. The lowest BCUT2D eigenvalue weighted by Gasteiger charge is -2.26. The van der Waals surface area contributed by atoms with E-state index in [0.29, 0.717) is 13.1 Å². The molecule has 4 nitrogen and oxygen atoms in total. The molecule has 2 atom stereocenters. The van der Waals surface area contributed by atoms with Crippen LogP contribution in [0.5, 0.6) is 0 Å². The van der Waals surface area contributed by atoms with Gasteiger partial charge in [-0.3, -0.25) is 9.69 Å². The van der Waals surface area contributed by atoms with E-state index in [1.54, 1.807) is 6.08 Å². The highest BCUT2D eigenvalue weighted by Gasteiger charge is 2.36. The number of nitrogens with two attached hydrogens (primary N) is 1. The molecule has 0 aromatic heterocycles. The number of amides is 1. The first-order valence-corrected chi connectivity index (χ1v) is 5.85. The van der Waals surface area contributed by atoms with Gasteiger partial charge in [0.2, 0.25) is 5.91 Å². The molecule has 0 aliphatic carbocycles. The third-order valence-electron chi connectivity index (χ3n) is 3.43. The van der Waals surface area contributed by atoms with Crippen molar-refractivity contribution in [3.8, 4) is 0 Å². The van der Waals surface area contributed by atoms with Crippen molar-refractivity contribution in [2.45, 2.75) is 26.3 Å². The van der Waals surface area contributed by atoms with E-state index in [-0.39, 0.29) is 17.4 Å². The molecule has 92 valence electrons. The lowest BCUT2D eigenvalue weighted by Crippen LogP contribution is -2.45. The summed E-state index contributed by atoms with van der Waals surface area (Å²) in [5, 5.41) is 2.82. The minimum atomic E-state index is -0.0756. The van der Waals surface area contributed by atoms with E-state index in [9.17, 15) is 4.79 Å². The summed E-state index contributed by atoms with van der Waals surface area (Å²) in [5.41, 5.74) is 5.92. The van der Waals surface area contributed by atoms with Gasteiger partial charge in [-0.05, 0) is 31.8 Å². The van der Waals surface area contributed by atoms with E-state index >= 15 is 0 Å². The van der Waals surface area contributed by atoms with Gasteiger partial charge >= 0.3 is 0 Å². The van der Waals surface area contributed by atoms with Crippen LogP contribution in [0.1, 0.15) is 20.3 Å². The van der Waals surface area contributed by atoms with Gasteiger partial charge in [0.25, 0.3) is 0 Å². The second-order valence-corrected chi connectivity index (χ2v) is 4.95. The second kappa shape index (κ2) is 5.46. The van der Waals surface area contributed by atoms with Crippen LogP contribution in [0.3, 0.4) is 0 Å². The van der Waals surface area contributed by atoms with Crippen molar-refractivity contribution in [3.63, 3.8) is 0 Å². The Bertz CT molecular complexity index is 267. The number of hydrogen-bond acceptors (Lipinski definition) is 3. The van der Waals surface area contributed by atoms with Crippen LogP contribution >= 0.6 is 0 Å². The van der Waals surface area contributed by atoms with E-state index < -0.39 is 0 Å². The maximum Gasteiger partial charge on any atom is 0.237 e. The number of hydrogen-bond donors (Lipinski definition) is 2. The molecule has 1 aliphatic rings. The number of rotatable bonds is 5. The average Bonchev–Trinajstić information content (AvgIpc) is 2.68. The van der Waals surface area contributed by atoms with Crippen LogP contribution in [0.15, 0.2) is 12.7 Å². The number of carbonyl (C=O) groups excluding carboxylic acids is 1. The van der Waals surface area contributed by atoms with E-state index in [2.05, 4.69) is 23.7 Å². The molecule has 3 N–H and O–H groups in total. The van der Waals surface area contributed by atoms with Crippen LogP contribution in [0.2, 0.25) is 0 Å². The minimum Gasteiger partial charge on any atom is -0.351 e. The van der Waals surface area contributed by atoms with Crippen LogP contribution in [0.25, 0.3) is 0 Å². The number of carbonyl (C=O) groups is 1. The molecule has 4 heteroatoms. The van der Waals surface area contributed by atoms with Gasteiger partial charge in [0, 0.05) is 13.1 Å². The summed E-state index contributed by atoms with van der Waals surface area (Å²) in [4.78, 5) is 14.0. The van der Waals surface area contributed by atoms with Crippen molar-refractivity contribution in [2.24, 2.45) is 11.1 Å². The molecular weight excluding hydrogens is 202 g/mol. The fraction of sp³-hybridized carbons (Fsp3) is 0.750. The second-order valence-electron chi connectivity index (χ2n) is 4.95. The van der Waals surface area contributed by atoms with Crippen molar-refractivity contribution in [3.05, 3.63) is 12.7 Å². The van der Waals surface area contributed by atoms with E-state index in [0.717, 1.165) is 19.5 Å². The number of nitrogens with one attached hydrogen (secondary N) is 1. The molecule has 1 saturated heterocycles. The predicted molar refractivity (Wildman–Crippen MR) is 66.0 cm³/mol. The largest absolute Gasteiger partial charge is 0.351 e. The van der Waals surface area contributed by atoms with Crippen LogP contribution in [-0.4, -0.2) is 43.0 Å². The van der Waals surface area contributed by atoms with Gasteiger partial charge in [0.05, 0.1) is 6.04 Å². The number of likely N-dealkylation sites (tertiary alicyclic amines) is 1. The predicted octanol–water partition coefficient (Wildman–Crippen LogP) is 0.348. The van der Waals surface area contributed by atoms with Crippen molar-refractivity contribution >= 4 is 5.91 Å². The molecule has 16 heavy (non-hydrogen) atoms. The summed E-state index contributed by atoms with van der Waals surface area (Å²) >= 11 is 0. The van der Waals surface area contributed by atoms with Gasteiger partial charge in [0.1, 0.15) is 0 Å². The standard InChI is InChI=1S/C12H23N3O/c1-4-6-14-11(16)10(2)15-7-5-12(3,8-13)9-15/h4,10H,1,5-9,13H2,2-3H3,(H,14,16). The lowest BCUT2D eigenvalue weighted by molar-refractivity contribution is -0.125. The summed E-state index contributed by atoms with van der Waals surface area (Å²) < 4.78 is 0. The maximum absolute atomic E-state index is 11.8. The maximum atomic E-state index is 11.8. The zero-order chi connectivity index (χ0) is 12.2. The van der Waals surface area contributed by atoms with Gasteiger partial charge < -0.3 is 11.1 Å².